The number of para-hydroxylation sites is 1. The number of fused-ring (bicyclic) bond motifs is 1. The van der Waals surface area contributed by atoms with Gasteiger partial charge in [0.25, 0.3) is 0 Å². The highest BCUT2D eigenvalue weighted by Gasteiger charge is 2.37. The van der Waals surface area contributed by atoms with Crippen LogP contribution in [0.3, 0.4) is 0 Å². The minimum Gasteiger partial charge on any atom is -0.535 e. The van der Waals surface area contributed by atoms with Crippen molar-refractivity contribution in [1.29, 1.82) is 0 Å². The molecule has 1 heterocycles. The molecule has 0 saturated heterocycles. The van der Waals surface area contributed by atoms with Crippen LogP contribution in [0.4, 0.5) is 0 Å². The fraction of sp³-hybridized carbons (Fsp3) is 0.318. The largest absolute Gasteiger partial charge is 0.535 e. The van der Waals surface area contributed by atoms with E-state index in [1.54, 1.807) is 42.5 Å². The molecule has 0 radical (unpaired) electrons. The Hall–Kier alpha value is -3.13. The van der Waals surface area contributed by atoms with E-state index in [9.17, 15) is 19.4 Å². The van der Waals surface area contributed by atoms with Gasteiger partial charge in [0.15, 0.2) is 0 Å². The van der Waals surface area contributed by atoms with Gasteiger partial charge in [0.1, 0.15) is 17.1 Å². The Bertz CT molecular complexity index is 913. The van der Waals surface area contributed by atoms with Gasteiger partial charge in [-0.1, -0.05) is 37.3 Å². The maximum Gasteiger partial charge on any atom is 0.526 e. The van der Waals surface area contributed by atoms with E-state index in [1.165, 1.54) is 6.07 Å². The van der Waals surface area contributed by atoms with Crippen molar-refractivity contribution in [3.8, 4) is 5.75 Å². The molecule has 1 aliphatic rings. The third kappa shape index (κ3) is 5.27. The second-order valence-electron chi connectivity index (χ2n) is 7.11. The number of ketones is 1. The van der Waals surface area contributed by atoms with E-state index in [4.69, 9.17) is 14.1 Å². The number of hydrogen-bond acceptors (Lipinski definition) is 7. The third-order valence-electron chi connectivity index (χ3n) is 4.85. The summed E-state index contributed by atoms with van der Waals surface area (Å²) in [6.45, 7) is 1.38. The zero-order valence-electron chi connectivity index (χ0n) is 16.7. The van der Waals surface area contributed by atoms with Crippen LogP contribution in [0.2, 0.25) is 5.82 Å². The van der Waals surface area contributed by atoms with Crippen molar-refractivity contribution >= 4 is 24.8 Å². The molecule has 2 aromatic rings. The summed E-state index contributed by atoms with van der Waals surface area (Å²) in [7, 11) is -1.19. The highest BCUT2D eigenvalue weighted by molar-refractivity contribution is 6.47. The van der Waals surface area contributed by atoms with Gasteiger partial charge in [0.05, 0.1) is 5.56 Å². The van der Waals surface area contributed by atoms with E-state index in [0.717, 1.165) is 6.42 Å². The van der Waals surface area contributed by atoms with Gasteiger partial charge in [-0.15, -0.1) is 0 Å². The maximum absolute atomic E-state index is 12.5. The number of ether oxygens (including phenoxy) is 2. The molecule has 0 bridgehead atoms. The molecule has 30 heavy (non-hydrogen) atoms. The number of hydrogen-bond donors (Lipinski definition) is 1. The van der Waals surface area contributed by atoms with Crippen LogP contribution in [0.1, 0.15) is 52.5 Å². The van der Waals surface area contributed by atoms with Crippen molar-refractivity contribution in [2.75, 3.05) is 6.79 Å². The predicted octanol–water partition coefficient (Wildman–Crippen LogP) is 3.20. The number of carbonyl (C=O) groups is 3. The first-order chi connectivity index (χ1) is 14.5. The summed E-state index contributed by atoms with van der Waals surface area (Å²) in [5.41, 5.74) is 1.19. The quantitative estimate of drug-likeness (QED) is 0.405. The molecule has 1 aliphatic heterocycles. The first-order valence-electron chi connectivity index (χ1n) is 9.87. The summed E-state index contributed by atoms with van der Waals surface area (Å²) in [6.07, 6.45) is 1.85. The van der Waals surface area contributed by atoms with Crippen LogP contribution in [0.15, 0.2) is 48.5 Å². The second-order valence-corrected chi connectivity index (χ2v) is 7.11. The summed E-state index contributed by atoms with van der Waals surface area (Å²) in [6, 6.07) is 13.3. The van der Waals surface area contributed by atoms with Gasteiger partial charge in [0.2, 0.25) is 6.79 Å². The Morgan fingerprint density at radius 1 is 1.07 bits per heavy atom. The molecule has 0 aromatic heterocycles. The molecule has 1 N–H and O–H groups in total. The van der Waals surface area contributed by atoms with Gasteiger partial charge in [-0.3, -0.25) is 4.79 Å². The minimum atomic E-state index is -1.19. The van der Waals surface area contributed by atoms with E-state index < -0.39 is 25.8 Å². The lowest BCUT2D eigenvalue weighted by Crippen LogP contribution is -2.36. The Labute approximate surface area is 175 Å². The summed E-state index contributed by atoms with van der Waals surface area (Å²) in [5.74, 6) is -1.41. The predicted molar refractivity (Wildman–Crippen MR) is 109 cm³/mol. The highest BCUT2D eigenvalue weighted by atomic mass is 16.7. The summed E-state index contributed by atoms with van der Waals surface area (Å²) < 4.78 is 15.6. The van der Waals surface area contributed by atoms with Crippen molar-refractivity contribution in [2.45, 2.75) is 38.4 Å². The molecule has 0 fully saturated rings. The molecular weight excluding hydrogens is 387 g/mol. The molecule has 0 aliphatic carbocycles. The third-order valence-corrected chi connectivity index (χ3v) is 4.85. The zero-order chi connectivity index (χ0) is 21.5. The maximum atomic E-state index is 12.5. The number of carbonyl (C=O) groups excluding carboxylic acids is 3. The number of Topliss-reactive ketones (excluding diaryl/α,β-unsaturated/α-hetero) is 1. The zero-order valence-corrected chi connectivity index (χ0v) is 16.7. The Balaban J connectivity index is 1.62. The van der Waals surface area contributed by atoms with E-state index in [2.05, 4.69) is 0 Å². The van der Waals surface area contributed by atoms with Gasteiger partial charge in [-0.05, 0) is 36.6 Å². The van der Waals surface area contributed by atoms with E-state index >= 15 is 0 Å². The lowest BCUT2D eigenvalue weighted by atomic mass is 9.64. The van der Waals surface area contributed by atoms with Crippen molar-refractivity contribution in [2.24, 2.45) is 0 Å². The van der Waals surface area contributed by atoms with E-state index in [-0.39, 0.29) is 29.3 Å². The van der Waals surface area contributed by atoms with Crippen molar-refractivity contribution in [3.63, 3.8) is 0 Å². The highest BCUT2D eigenvalue weighted by Crippen LogP contribution is 2.36. The van der Waals surface area contributed by atoms with Gasteiger partial charge in [-0.25, -0.2) is 9.59 Å². The van der Waals surface area contributed by atoms with Crippen LogP contribution in [0.5, 0.6) is 5.75 Å². The monoisotopic (exact) mass is 410 g/mol. The number of esters is 2. The first kappa shape index (κ1) is 21.6. The Morgan fingerprint density at radius 2 is 1.80 bits per heavy atom. The van der Waals surface area contributed by atoms with Crippen LogP contribution in [0, 0.1) is 0 Å². The van der Waals surface area contributed by atoms with Gasteiger partial charge in [-0.2, -0.15) is 0 Å². The molecule has 2 aromatic carbocycles. The van der Waals surface area contributed by atoms with Crippen LogP contribution >= 0.6 is 0 Å². The average Bonchev–Trinajstić information content (AvgIpc) is 2.74. The van der Waals surface area contributed by atoms with Crippen molar-refractivity contribution < 1.29 is 33.5 Å². The molecular formula is C22H23BO7. The van der Waals surface area contributed by atoms with Crippen LogP contribution in [0.25, 0.3) is 0 Å². The molecule has 0 spiro atoms. The SMILES string of the molecule is CCCC(=O)C[C@H]1Cc2cccc(C(=O)OCOC(=O)c3ccccc3)c2OB1O. The average molecular weight is 410 g/mol. The van der Waals surface area contributed by atoms with Gasteiger partial charge >= 0.3 is 19.1 Å². The molecule has 3 rings (SSSR count). The van der Waals surface area contributed by atoms with Crippen LogP contribution in [-0.4, -0.2) is 36.7 Å². The smallest absolute Gasteiger partial charge is 0.526 e. The first-order valence-corrected chi connectivity index (χ1v) is 9.87. The molecule has 1 atom stereocenters. The Kier molecular flexibility index (Phi) is 7.24. The summed E-state index contributed by atoms with van der Waals surface area (Å²) in [4.78, 5) is 36.3. The molecule has 8 heteroatoms. The van der Waals surface area contributed by atoms with Crippen LogP contribution in [-0.2, 0) is 20.7 Å². The normalized spacial score (nSPS) is 15.0. The van der Waals surface area contributed by atoms with E-state index in [1.807, 2.05) is 6.92 Å². The Morgan fingerprint density at radius 3 is 2.53 bits per heavy atom. The number of rotatable bonds is 8. The van der Waals surface area contributed by atoms with Crippen LogP contribution < -0.4 is 4.65 Å². The number of benzene rings is 2. The fourth-order valence-electron chi connectivity index (χ4n) is 3.36. The summed E-state index contributed by atoms with van der Waals surface area (Å²) >= 11 is 0. The van der Waals surface area contributed by atoms with Gasteiger partial charge < -0.3 is 19.2 Å². The topological polar surface area (TPSA) is 99.1 Å². The lowest BCUT2D eigenvalue weighted by molar-refractivity contribution is -0.119. The van der Waals surface area contributed by atoms with Crippen molar-refractivity contribution in [3.05, 3.63) is 65.2 Å². The lowest BCUT2D eigenvalue weighted by Gasteiger charge is -2.28. The van der Waals surface area contributed by atoms with E-state index in [0.29, 0.717) is 24.0 Å². The standard InChI is InChI=1S/C22H23BO7/c1-2-7-18(24)13-17-12-16-10-6-11-19(20(16)30-23(17)27)22(26)29-14-28-21(25)15-8-4-3-5-9-15/h3-6,8-11,17,27H,2,7,12-14H2,1H3/t17-/m1/s1. The molecule has 0 unspecified atom stereocenters. The van der Waals surface area contributed by atoms with Crippen molar-refractivity contribution in [1.82, 2.24) is 0 Å². The molecule has 156 valence electrons. The molecule has 0 saturated carbocycles. The fourth-order valence-corrected chi connectivity index (χ4v) is 3.36. The molecule has 7 nitrogen and oxygen atoms in total. The van der Waals surface area contributed by atoms with Gasteiger partial charge in [0, 0.05) is 18.7 Å². The summed E-state index contributed by atoms with van der Waals surface area (Å²) in [5, 5.41) is 10.3. The minimum absolute atomic E-state index is 0.0735. The molecule has 0 amide bonds. The second kappa shape index (κ2) is 10.1.